The Kier molecular flexibility index (Phi) is 6.92. The van der Waals surface area contributed by atoms with Gasteiger partial charge in [-0.15, -0.1) is 10.2 Å². The van der Waals surface area contributed by atoms with Crippen molar-refractivity contribution in [3.05, 3.63) is 29.3 Å². The van der Waals surface area contributed by atoms with E-state index < -0.39 is 5.97 Å². The zero-order valence-corrected chi connectivity index (χ0v) is 17.3. The Labute approximate surface area is 173 Å². The first-order valence-corrected chi connectivity index (χ1v) is 10.3. The highest BCUT2D eigenvalue weighted by Crippen LogP contribution is 2.26. The largest absolute Gasteiger partial charge is 0.469 e. The van der Waals surface area contributed by atoms with Crippen LogP contribution in [0.25, 0.3) is 10.6 Å². The predicted octanol–water partition coefficient (Wildman–Crippen LogP) is 2.64. The maximum Gasteiger partial charge on any atom is 0.306 e. The van der Waals surface area contributed by atoms with Gasteiger partial charge in [0.1, 0.15) is 10.0 Å². The molecule has 1 aromatic heterocycles. The van der Waals surface area contributed by atoms with E-state index in [1.165, 1.54) is 18.4 Å². The van der Waals surface area contributed by atoms with Crippen LogP contribution in [0.1, 0.15) is 30.7 Å². The summed E-state index contributed by atoms with van der Waals surface area (Å²) in [6.45, 7) is 2.93. The molecule has 0 aliphatic carbocycles. The summed E-state index contributed by atoms with van der Waals surface area (Å²) in [6, 6.07) is 7.56. The predicted molar refractivity (Wildman–Crippen MR) is 109 cm³/mol. The van der Waals surface area contributed by atoms with Gasteiger partial charge in [-0.2, -0.15) is 0 Å². The van der Waals surface area contributed by atoms with Crippen LogP contribution >= 0.6 is 11.3 Å². The van der Waals surface area contributed by atoms with Gasteiger partial charge >= 0.3 is 5.97 Å². The van der Waals surface area contributed by atoms with E-state index in [4.69, 9.17) is 0 Å². The standard InChI is InChI=1S/C20H24N4O4S/c1-13-22-23-20(29-13)15-4-3-5-16(12-15)21-19(27)14-8-10-24(11-9-14)17(25)6-7-18(26)28-2/h3-5,12,14H,6-11H2,1-2H3,(H,21,27). The number of aryl methyl sites for hydroxylation is 1. The summed E-state index contributed by atoms with van der Waals surface area (Å²) >= 11 is 1.51. The molecule has 2 heterocycles. The number of benzene rings is 1. The Hall–Kier alpha value is -2.81. The summed E-state index contributed by atoms with van der Waals surface area (Å²) in [5, 5.41) is 12.9. The third kappa shape index (κ3) is 5.60. The van der Waals surface area contributed by atoms with Crippen molar-refractivity contribution in [2.75, 3.05) is 25.5 Å². The summed E-state index contributed by atoms with van der Waals surface area (Å²) < 4.78 is 4.56. The van der Waals surface area contributed by atoms with Crippen molar-refractivity contribution in [3.8, 4) is 10.6 Å². The van der Waals surface area contributed by atoms with Crippen molar-refractivity contribution in [2.45, 2.75) is 32.6 Å². The molecular weight excluding hydrogens is 392 g/mol. The number of ether oxygens (including phenoxy) is 1. The Balaban J connectivity index is 1.51. The molecular formula is C20H24N4O4S. The van der Waals surface area contributed by atoms with Crippen LogP contribution in [0.4, 0.5) is 5.69 Å². The van der Waals surface area contributed by atoms with E-state index in [1.54, 1.807) is 4.90 Å². The summed E-state index contributed by atoms with van der Waals surface area (Å²) in [5.41, 5.74) is 1.64. The number of carbonyl (C=O) groups is 3. The number of hydrogen-bond acceptors (Lipinski definition) is 7. The number of carbonyl (C=O) groups excluding carboxylic acids is 3. The number of nitrogens with one attached hydrogen (secondary N) is 1. The highest BCUT2D eigenvalue weighted by atomic mass is 32.1. The second kappa shape index (κ2) is 9.60. The third-order valence-electron chi connectivity index (χ3n) is 4.89. The average molecular weight is 417 g/mol. The van der Waals surface area contributed by atoms with Crippen LogP contribution in [-0.4, -0.2) is 53.1 Å². The molecule has 1 aliphatic rings. The summed E-state index contributed by atoms with van der Waals surface area (Å²) in [4.78, 5) is 37.7. The Morgan fingerprint density at radius 2 is 1.97 bits per heavy atom. The number of esters is 1. The van der Waals surface area contributed by atoms with Crippen molar-refractivity contribution < 1.29 is 19.1 Å². The number of aromatic nitrogens is 2. The molecule has 0 bridgehead atoms. The molecule has 1 aromatic carbocycles. The molecule has 154 valence electrons. The maximum absolute atomic E-state index is 12.6. The van der Waals surface area contributed by atoms with Gasteiger partial charge in [-0.05, 0) is 31.9 Å². The van der Waals surface area contributed by atoms with Gasteiger partial charge in [0, 0.05) is 36.7 Å². The third-order valence-corrected chi connectivity index (χ3v) is 5.78. The summed E-state index contributed by atoms with van der Waals surface area (Å²) in [7, 11) is 1.31. The number of hydrogen-bond donors (Lipinski definition) is 1. The van der Waals surface area contributed by atoms with Gasteiger partial charge in [0.05, 0.1) is 13.5 Å². The fourth-order valence-electron chi connectivity index (χ4n) is 3.25. The number of methoxy groups -OCH3 is 1. The van der Waals surface area contributed by atoms with Gasteiger partial charge in [-0.3, -0.25) is 14.4 Å². The van der Waals surface area contributed by atoms with Gasteiger partial charge in [0.25, 0.3) is 0 Å². The smallest absolute Gasteiger partial charge is 0.306 e. The van der Waals surface area contributed by atoms with E-state index >= 15 is 0 Å². The molecule has 9 heteroatoms. The molecule has 1 fully saturated rings. The topological polar surface area (TPSA) is 101 Å². The summed E-state index contributed by atoms with van der Waals surface area (Å²) in [5.74, 6) is -0.655. The SMILES string of the molecule is COC(=O)CCC(=O)N1CCC(C(=O)Nc2cccc(-c3nnc(C)s3)c2)CC1. The monoisotopic (exact) mass is 416 g/mol. The van der Waals surface area contributed by atoms with Gasteiger partial charge in [0.15, 0.2) is 0 Å². The molecule has 0 saturated carbocycles. The molecule has 1 aliphatic heterocycles. The van der Waals surface area contributed by atoms with Crippen LogP contribution < -0.4 is 5.32 Å². The Morgan fingerprint density at radius 3 is 2.62 bits per heavy atom. The van der Waals surface area contributed by atoms with Crippen LogP contribution in [0.2, 0.25) is 0 Å². The minimum Gasteiger partial charge on any atom is -0.469 e. The Bertz CT molecular complexity index is 890. The highest BCUT2D eigenvalue weighted by Gasteiger charge is 2.27. The molecule has 8 nitrogen and oxygen atoms in total. The lowest BCUT2D eigenvalue weighted by Gasteiger charge is -2.31. The first-order chi connectivity index (χ1) is 14.0. The first kappa shape index (κ1) is 20.9. The molecule has 2 aromatic rings. The van der Waals surface area contributed by atoms with E-state index in [0.29, 0.717) is 25.9 Å². The van der Waals surface area contributed by atoms with Crippen LogP contribution in [0.5, 0.6) is 0 Å². The molecule has 0 radical (unpaired) electrons. The number of rotatable bonds is 6. The minimum atomic E-state index is -0.390. The van der Waals surface area contributed by atoms with E-state index in [9.17, 15) is 14.4 Å². The number of likely N-dealkylation sites (tertiary alicyclic amines) is 1. The fourth-order valence-corrected chi connectivity index (χ4v) is 3.94. The lowest BCUT2D eigenvalue weighted by atomic mass is 9.95. The van der Waals surface area contributed by atoms with Crippen molar-refractivity contribution in [1.82, 2.24) is 15.1 Å². The molecule has 1 saturated heterocycles. The molecule has 29 heavy (non-hydrogen) atoms. The zero-order chi connectivity index (χ0) is 20.8. The molecule has 2 amide bonds. The van der Waals surface area contributed by atoms with E-state index in [0.717, 1.165) is 21.3 Å². The highest BCUT2D eigenvalue weighted by molar-refractivity contribution is 7.14. The van der Waals surface area contributed by atoms with Crippen LogP contribution in [0, 0.1) is 12.8 Å². The van der Waals surface area contributed by atoms with Crippen molar-refractivity contribution in [1.29, 1.82) is 0 Å². The van der Waals surface area contributed by atoms with Crippen molar-refractivity contribution in [3.63, 3.8) is 0 Å². The zero-order valence-electron chi connectivity index (χ0n) is 16.5. The van der Waals surface area contributed by atoms with Gasteiger partial charge in [-0.1, -0.05) is 23.5 Å². The fraction of sp³-hybridized carbons (Fsp3) is 0.450. The van der Waals surface area contributed by atoms with Crippen LogP contribution in [0.15, 0.2) is 24.3 Å². The lowest BCUT2D eigenvalue weighted by molar-refractivity contribution is -0.144. The number of amides is 2. The number of anilines is 1. The van der Waals surface area contributed by atoms with Crippen LogP contribution in [-0.2, 0) is 19.1 Å². The minimum absolute atomic E-state index is 0.0442. The van der Waals surface area contributed by atoms with Gasteiger partial charge in [-0.25, -0.2) is 0 Å². The molecule has 1 N–H and O–H groups in total. The van der Waals surface area contributed by atoms with Gasteiger partial charge in [0.2, 0.25) is 11.8 Å². The van der Waals surface area contributed by atoms with Crippen molar-refractivity contribution in [2.24, 2.45) is 5.92 Å². The normalized spacial score (nSPS) is 14.5. The molecule has 0 spiro atoms. The second-order valence-electron chi connectivity index (χ2n) is 6.93. The molecule has 0 unspecified atom stereocenters. The van der Waals surface area contributed by atoms with E-state index in [-0.39, 0.29) is 30.6 Å². The number of piperidine rings is 1. The van der Waals surface area contributed by atoms with Gasteiger partial charge < -0.3 is 15.0 Å². The quantitative estimate of drug-likeness (QED) is 0.727. The molecule has 0 atom stereocenters. The van der Waals surface area contributed by atoms with Crippen LogP contribution in [0.3, 0.4) is 0 Å². The second-order valence-corrected chi connectivity index (χ2v) is 8.11. The Morgan fingerprint density at radius 1 is 1.21 bits per heavy atom. The maximum atomic E-state index is 12.6. The van der Waals surface area contributed by atoms with E-state index in [2.05, 4.69) is 20.3 Å². The average Bonchev–Trinajstić information content (AvgIpc) is 3.18. The first-order valence-electron chi connectivity index (χ1n) is 9.52. The number of nitrogens with zero attached hydrogens (tertiary/aromatic N) is 3. The molecule has 3 rings (SSSR count). The lowest BCUT2D eigenvalue weighted by Crippen LogP contribution is -2.41. The van der Waals surface area contributed by atoms with E-state index in [1.807, 2.05) is 31.2 Å². The summed E-state index contributed by atoms with van der Waals surface area (Å²) in [6.07, 6.45) is 1.43. The van der Waals surface area contributed by atoms with Crippen molar-refractivity contribution >= 4 is 34.8 Å².